The van der Waals surface area contributed by atoms with Crippen LogP contribution in [0.5, 0.6) is 0 Å². The fourth-order valence-electron chi connectivity index (χ4n) is 3.17. The van der Waals surface area contributed by atoms with E-state index in [9.17, 15) is 4.79 Å². The summed E-state index contributed by atoms with van der Waals surface area (Å²) in [7, 11) is 0. The van der Waals surface area contributed by atoms with E-state index in [0.29, 0.717) is 21.8 Å². The van der Waals surface area contributed by atoms with Crippen molar-refractivity contribution in [1.29, 1.82) is 0 Å². The van der Waals surface area contributed by atoms with E-state index in [1.807, 2.05) is 60.1 Å². The fraction of sp³-hybridized carbons (Fsp3) is 0.286. The van der Waals surface area contributed by atoms with Crippen LogP contribution in [0.2, 0.25) is 0 Å². The number of thioether (sulfide) groups is 1. The van der Waals surface area contributed by atoms with Gasteiger partial charge in [-0.15, -0.1) is 5.10 Å². The molecule has 0 unspecified atom stereocenters. The molecule has 2 aromatic heterocycles. The summed E-state index contributed by atoms with van der Waals surface area (Å²) in [5.74, 6) is 1.31. The van der Waals surface area contributed by atoms with Crippen LogP contribution in [0.1, 0.15) is 31.2 Å². The molecule has 0 fully saturated rings. The lowest BCUT2D eigenvalue weighted by Crippen LogP contribution is -2.22. The van der Waals surface area contributed by atoms with Crippen molar-refractivity contribution in [3.63, 3.8) is 0 Å². The summed E-state index contributed by atoms with van der Waals surface area (Å²) in [4.78, 5) is 18.1. The van der Waals surface area contributed by atoms with Gasteiger partial charge in [-0.2, -0.15) is 0 Å². The molecule has 0 amide bonds. The van der Waals surface area contributed by atoms with Crippen LogP contribution in [-0.2, 0) is 12.3 Å². The highest BCUT2D eigenvalue weighted by atomic mass is 32.2. The lowest BCUT2D eigenvalue weighted by Gasteiger charge is -2.15. The highest BCUT2D eigenvalue weighted by molar-refractivity contribution is 7.98. The summed E-state index contributed by atoms with van der Waals surface area (Å²) in [6.07, 6.45) is 2.09. The lowest BCUT2D eigenvalue weighted by atomic mass is 10.2. The molecule has 0 spiro atoms. The standard InChI is InChI=1S/C21H22N6OS/c1-3-4-13-26-19(23-24-25-26)14-29-21-22-17-11-7-6-10-16(17)20(28)27(21)18-12-8-5-9-15(18)2/h5-12H,3-4,13-14H2,1-2H3. The Balaban J connectivity index is 1.77. The Bertz CT molecular complexity index is 1200. The smallest absolute Gasteiger partial charge is 0.266 e. The molecule has 2 aromatic carbocycles. The van der Waals surface area contributed by atoms with Crippen molar-refractivity contribution in [2.45, 2.75) is 44.1 Å². The molecule has 0 atom stereocenters. The third-order valence-corrected chi connectivity index (χ3v) is 5.70. The van der Waals surface area contributed by atoms with Crippen molar-refractivity contribution in [1.82, 2.24) is 29.8 Å². The normalized spacial score (nSPS) is 11.2. The van der Waals surface area contributed by atoms with E-state index in [1.54, 1.807) is 4.57 Å². The number of aromatic nitrogens is 6. The summed E-state index contributed by atoms with van der Waals surface area (Å²) < 4.78 is 3.52. The zero-order valence-electron chi connectivity index (χ0n) is 16.4. The van der Waals surface area contributed by atoms with E-state index in [0.717, 1.165) is 36.5 Å². The second kappa shape index (κ2) is 8.57. The lowest BCUT2D eigenvalue weighted by molar-refractivity contribution is 0.540. The Morgan fingerprint density at radius 2 is 1.86 bits per heavy atom. The van der Waals surface area contributed by atoms with E-state index in [1.165, 1.54) is 11.8 Å². The second-order valence-electron chi connectivity index (χ2n) is 6.80. The predicted octanol–water partition coefficient (Wildman–Crippen LogP) is 3.77. The molecule has 0 aliphatic carbocycles. The number of unbranched alkanes of at least 4 members (excludes halogenated alkanes) is 1. The first-order valence-electron chi connectivity index (χ1n) is 9.64. The quantitative estimate of drug-likeness (QED) is 0.343. The van der Waals surface area contributed by atoms with Gasteiger partial charge in [0.05, 0.1) is 22.3 Å². The van der Waals surface area contributed by atoms with Gasteiger partial charge in [-0.25, -0.2) is 9.67 Å². The van der Waals surface area contributed by atoms with Gasteiger partial charge in [0.1, 0.15) is 0 Å². The van der Waals surface area contributed by atoms with Crippen molar-refractivity contribution >= 4 is 22.7 Å². The Hall–Kier alpha value is -3.00. The Labute approximate surface area is 172 Å². The minimum atomic E-state index is -0.0713. The number of nitrogens with zero attached hydrogens (tertiary/aromatic N) is 6. The molecular weight excluding hydrogens is 384 g/mol. The highest BCUT2D eigenvalue weighted by Gasteiger charge is 2.16. The zero-order chi connectivity index (χ0) is 20.2. The molecule has 0 aliphatic rings. The molecule has 2 heterocycles. The van der Waals surface area contributed by atoms with Gasteiger partial charge < -0.3 is 0 Å². The average molecular weight is 407 g/mol. The maximum Gasteiger partial charge on any atom is 0.266 e. The molecule has 0 radical (unpaired) electrons. The molecule has 4 rings (SSSR count). The van der Waals surface area contributed by atoms with Crippen molar-refractivity contribution in [3.05, 3.63) is 70.3 Å². The molecule has 29 heavy (non-hydrogen) atoms. The largest absolute Gasteiger partial charge is 0.268 e. The average Bonchev–Trinajstić information content (AvgIpc) is 3.19. The number of aryl methyl sites for hydroxylation is 2. The first-order chi connectivity index (χ1) is 14.2. The SMILES string of the molecule is CCCCn1nnnc1CSc1nc2ccccc2c(=O)n1-c1ccccc1C. The van der Waals surface area contributed by atoms with Gasteiger partial charge in [0.25, 0.3) is 5.56 Å². The fourth-order valence-corrected chi connectivity index (χ4v) is 4.11. The number of hydrogen-bond donors (Lipinski definition) is 0. The maximum absolute atomic E-state index is 13.3. The van der Waals surface area contributed by atoms with E-state index < -0.39 is 0 Å². The van der Waals surface area contributed by atoms with Crippen molar-refractivity contribution in [3.8, 4) is 5.69 Å². The first kappa shape index (κ1) is 19.3. The molecule has 0 saturated carbocycles. The van der Waals surface area contributed by atoms with E-state index in [2.05, 4.69) is 22.4 Å². The summed E-state index contributed by atoms with van der Waals surface area (Å²) in [6, 6.07) is 15.3. The van der Waals surface area contributed by atoms with Gasteiger partial charge in [-0.05, 0) is 47.5 Å². The number of tetrazole rings is 1. The van der Waals surface area contributed by atoms with E-state index in [-0.39, 0.29) is 5.56 Å². The van der Waals surface area contributed by atoms with E-state index in [4.69, 9.17) is 4.98 Å². The van der Waals surface area contributed by atoms with Crippen LogP contribution in [0.3, 0.4) is 0 Å². The number of hydrogen-bond acceptors (Lipinski definition) is 6. The van der Waals surface area contributed by atoms with Gasteiger partial charge in [-0.3, -0.25) is 9.36 Å². The van der Waals surface area contributed by atoms with Gasteiger partial charge in [0.15, 0.2) is 11.0 Å². The van der Waals surface area contributed by atoms with Crippen LogP contribution < -0.4 is 5.56 Å². The zero-order valence-corrected chi connectivity index (χ0v) is 17.3. The second-order valence-corrected chi connectivity index (χ2v) is 7.74. The van der Waals surface area contributed by atoms with Crippen LogP contribution in [-0.4, -0.2) is 29.8 Å². The van der Waals surface area contributed by atoms with Gasteiger partial charge in [0, 0.05) is 6.54 Å². The number of benzene rings is 2. The molecule has 0 bridgehead atoms. The summed E-state index contributed by atoms with van der Waals surface area (Å²) in [6.45, 7) is 4.92. The number of fused-ring (bicyclic) bond motifs is 1. The van der Waals surface area contributed by atoms with Gasteiger partial charge in [0.2, 0.25) is 0 Å². The van der Waals surface area contributed by atoms with Crippen LogP contribution in [0.4, 0.5) is 0 Å². The molecule has 0 aliphatic heterocycles. The Kier molecular flexibility index (Phi) is 5.71. The molecular formula is C21H22N6OS. The minimum Gasteiger partial charge on any atom is -0.268 e. The molecule has 0 N–H and O–H groups in total. The Morgan fingerprint density at radius 1 is 1.07 bits per heavy atom. The van der Waals surface area contributed by atoms with Crippen molar-refractivity contribution in [2.75, 3.05) is 0 Å². The molecule has 8 heteroatoms. The highest BCUT2D eigenvalue weighted by Crippen LogP contribution is 2.25. The Morgan fingerprint density at radius 3 is 2.69 bits per heavy atom. The van der Waals surface area contributed by atoms with Gasteiger partial charge in [-0.1, -0.05) is 55.4 Å². The summed E-state index contributed by atoms with van der Waals surface area (Å²) in [5.41, 5.74) is 2.47. The van der Waals surface area contributed by atoms with Crippen molar-refractivity contribution in [2.24, 2.45) is 0 Å². The monoisotopic (exact) mass is 406 g/mol. The molecule has 0 saturated heterocycles. The molecule has 4 aromatic rings. The number of para-hydroxylation sites is 2. The summed E-state index contributed by atoms with van der Waals surface area (Å²) in [5, 5.41) is 13.3. The first-order valence-corrected chi connectivity index (χ1v) is 10.6. The third-order valence-electron chi connectivity index (χ3n) is 4.76. The maximum atomic E-state index is 13.3. The van der Waals surface area contributed by atoms with Gasteiger partial charge >= 0.3 is 0 Å². The van der Waals surface area contributed by atoms with Crippen LogP contribution in [0.25, 0.3) is 16.6 Å². The molecule has 7 nitrogen and oxygen atoms in total. The van der Waals surface area contributed by atoms with Crippen LogP contribution in [0.15, 0.2) is 58.5 Å². The minimum absolute atomic E-state index is 0.0713. The third kappa shape index (κ3) is 3.93. The predicted molar refractivity (Wildman–Crippen MR) is 114 cm³/mol. The van der Waals surface area contributed by atoms with Crippen LogP contribution >= 0.6 is 11.8 Å². The van der Waals surface area contributed by atoms with Crippen LogP contribution in [0, 0.1) is 6.92 Å². The van der Waals surface area contributed by atoms with Crippen molar-refractivity contribution < 1.29 is 0 Å². The van der Waals surface area contributed by atoms with E-state index >= 15 is 0 Å². The number of rotatable bonds is 7. The topological polar surface area (TPSA) is 78.5 Å². The molecule has 148 valence electrons. The summed E-state index contributed by atoms with van der Waals surface area (Å²) >= 11 is 1.47.